The summed E-state index contributed by atoms with van der Waals surface area (Å²) in [6, 6.07) is 5.34. The number of rotatable bonds is 3. The number of methoxy groups -OCH3 is 1. The first-order valence-corrected chi connectivity index (χ1v) is 14.3. The zero-order valence-corrected chi connectivity index (χ0v) is 24.4. The Morgan fingerprint density at radius 2 is 1.90 bits per heavy atom. The van der Waals surface area contributed by atoms with Gasteiger partial charge in [-0.3, -0.25) is 4.57 Å². The van der Waals surface area contributed by atoms with Gasteiger partial charge in [0, 0.05) is 66.0 Å². The smallest absolute Gasteiger partial charge is 0.410 e. The Morgan fingerprint density at radius 1 is 1.15 bits per heavy atom. The molecular formula is C29H34F2N4O4S. The fourth-order valence-corrected chi connectivity index (χ4v) is 6.78. The SMILES string of the molecule is CO[C@@H]1CSc2c(-c3ccc(F)cc3F)c(C)cc3c(N4CCN(C(=O)OC(C)(C)C)C[C@@H]4C)nc(=O)n(c23)C1. The van der Waals surface area contributed by atoms with Crippen molar-refractivity contribution in [2.24, 2.45) is 0 Å². The summed E-state index contributed by atoms with van der Waals surface area (Å²) in [6.07, 6.45) is -0.627. The van der Waals surface area contributed by atoms with Gasteiger partial charge >= 0.3 is 11.8 Å². The van der Waals surface area contributed by atoms with Gasteiger partial charge in [0.1, 0.15) is 23.1 Å². The number of carbonyl (C=O) groups excluding carboxylic acids is 1. The van der Waals surface area contributed by atoms with Crippen LogP contribution in [0.15, 0.2) is 34.0 Å². The lowest BCUT2D eigenvalue weighted by molar-refractivity contribution is 0.0218. The standard InChI is InChI=1S/C29H34F2N4O4S/c1-16-11-21-24-25(23(16)20-8-7-18(30)12-22(20)31)40-15-19(38-6)14-35(24)27(36)32-26(21)34-10-9-33(13-17(34)2)28(37)39-29(3,4)5/h7-8,11-12,17,19H,9-10,13-15H2,1-6H3/t17-,19-/m0/s1. The van der Waals surface area contributed by atoms with Crippen LogP contribution >= 0.6 is 11.8 Å². The molecule has 1 fully saturated rings. The molecule has 0 spiro atoms. The second kappa shape index (κ2) is 10.7. The van der Waals surface area contributed by atoms with Crippen molar-refractivity contribution in [1.29, 1.82) is 0 Å². The Morgan fingerprint density at radius 3 is 2.55 bits per heavy atom. The number of benzene rings is 2. The summed E-state index contributed by atoms with van der Waals surface area (Å²) in [6.45, 7) is 11.0. The first kappa shape index (κ1) is 28.4. The lowest BCUT2D eigenvalue weighted by Gasteiger charge is -2.41. The lowest BCUT2D eigenvalue weighted by atomic mass is 9.97. The molecule has 3 aromatic rings. The molecule has 0 unspecified atom stereocenters. The highest BCUT2D eigenvalue weighted by Gasteiger charge is 2.33. The van der Waals surface area contributed by atoms with Crippen molar-refractivity contribution in [3.05, 3.63) is 51.9 Å². The lowest BCUT2D eigenvalue weighted by Crippen LogP contribution is -2.55. The van der Waals surface area contributed by atoms with Gasteiger partial charge in [0.05, 0.1) is 18.2 Å². The average molecular weight is 573 g/mol. The Bertz CT molecular complexity index is 1540. The molecule has 40 heavy (non-hydrogen) atoms. The van der Waals surface area contributed by atoms with E-state index in [1.54, 1.807) is 16.6 Å². The number of hydrogen-bond acceptors (Lipinski definition) is 7. The first-order chi connectivity index (χ1) is 18.9. The minimum absolute atomic E-state index is 0.144. The minimum atomic E-state index is -0.665. The monoisotopic (exact) mass is 572 g/mol. The van der Waals surface area contributed by atoms with Crippen LogP contribution in [0.4, 0.5) is 19.4 Å². The topological polar surface area (TPSA) is 76.9 Å². The molecule has 0 bridgehead atoms. The number of hydrogen-bond donors (Lipinski definition) is 0. The fourth-order valence-electron chi connectivity index (χ4n) is 5.42. The minimum Gasteiger partial charge on any atom is -0.444 e. The van der Waals surface area contributed by atoms with E-state index in [1.807, 2.05) is 45.6 Å². The Hall–Kier alpha value is -3.18. The highest BCUT2D eigenvalue weighted by molar-refractivity contribution is 7.99. The number of thioether (sulfide) groups is 1. The summed E-state index contributed by atoms with van der Waals surface area (Å²) in [5.74, 6) is -0.242. The Balaban J connectivity index is 1.65. The highest BCUT2D eigenvalue weighted by atomic mass is 32.2. The van der Waals surface area contributed by atoms with Gasteiger partial charge < -0.3 is 19.3 Å². The quantitative estimate of drug-likeness (QED) is 0.426. The summed E-state index contributed by atoms with van der Waals surface area (Å²) in [7, 11) is 1.60. The molecule has 5 rings (SSSR count). The summed E-state index contributed by atoms with van der Waals surface area (Å²) < 4.78 is 41.7. The largest absolute Gasteiger partial charge is 0.444 e. The van der Waals surface area contributed by atoms with Gasteiger partial charge in [0.25, 0.3) is 0 Å². The molecule has 8 nitrogen and oxygen atoms in total. The van der Waals surface area contributed by atoms with Gasteiger partial charge in [0.2, 0.25) is 0 Å². The maximum absolute atomic E-state index is 15.1. The van der Waals surface area contributed by atoms with Crippen molar-refractivity contribution in [3.63, 3.8) is 0 Å². The number of nitrogens with zero attached hydrogens (tertiary/aromatic N) is 4. The van der Waals surface area contributed by atoms with Crippen LogP contribution in [0.2, 0.25) is 0 Å². The molecule has 0 radical (unpaired) electrons. The van der Waals surface area contributed by atoms with Crippen LogP contribution in [0.1, 0.15) is 33.3 Å². The molecule has 0 aliphatic carbocycles. The number of anilines is 1. The molecule has 3 heterocycles. The number of aryl methyl sites for hydroxylation is 1. The molecule has 11 heteroatoms. The number of halogens is 2. The molecule has 2 aliphatic heterocycles. The van der Waals surface area contributed by atoms with Crippen LogP contribution in [0.3, 0.4) is 0 Å². The third kappa shape index (κ3) is 5.28. The molecule has 0 N–H and O–H groups in total. The van der Waals surface area contributed by atoms with E-state index in [1.165, 1.54) is 23.9 Å². The van der Waals surface area contributed by atoms with E-state index < -0.39 is 22.9 Å². The molecule has 0 saturated carbocycles. The maximum atomic E-state index is 15.1. The van der Waals surface area contributed by atoms with Gasteiger partial charge in [0.15, 0.2) is 0 Å². The van der Waals surface area contributed by atoms with Gasteiger partial charge in [-0.15, -0.1) is 11.8 Å². The van der Waals surface area contributed by atoms with E-state index in [-0.39, 0.29) is 23.8 Å². The van der Waals surface area contributed by atoms with Gasteiger partial charge in [-0.1, -0.05) is 0 Å². The van der Waals surface area contributed by atoms with Crippen LogP contribution in [0.25, 0.3) is 22.0 Å². The van der Waals surface area contributed by atoms with Crippen molar-refractivity contribution in [2.75, 3.05) is 37.4 Å². The van der Waals surface area contributed by atoms with Crippen LogP contribution in [0.5, 0.6) is 0 Å². The van der Waals surface area contributed by atoms with Gasteiger partial charge in [-0.25, -0.2) is 18.4 Å². The highest BCUT2D eigenvalue weighted by Crippen LogP contribution is 2.44. The predicted octanol–water partition coefficient (Wildman–Crippen LogP) is 5.22. The van der Waals surface area contributed by atoms with E-state index in [0.29, 0.717) is 48.8 Å². The molecule has 1 saturated heterocycles. The number of aromatic nitrogens is 2. The van der Waals surface area contributed by atoms with Crippen molar-refractivity contribution in [3.8, 4) is 11.1 Å². The fraction of sp³-hybridized carbons (Fsp3) is 0.483. The summed E-state index contributed by atoms with van der Waals surface area (Å²) in [5.41, 5.74) is 1.31. The van der Waals surface area contributed by atoms with Gasteiger partial charge in [-0.2, -0.15) is 4.98 Å². The van der Waals surface area contributed by atoms with Crippen LogP contribution < -0.4 is 10.6 Å². The number of ether oxygens (including phenoxy) is 2. The molecular weight excluding hydrogens is 538 g/mol. The predicted molar refractivity (Wildman–Crippen MR) is 152 cm³/mol. The average Bonchev–Trinajstić information content (AvgIpc) is 3.07. The van der Waals surface area contributed by atoms with Crippen LogP contribution in [-0.4, -0.2) is 70.8 Å². The molecule has 1 aromatic heterocycles. The van der Waals surface area contributed by atoms with E-state index in [0.717, 1.165) is 21.9 Å². The van der Waals surface area contributed by atoms with Crippen molar-refractivity contribution < 1.29 is 23.0 Å². The third-order valence-corrected chi connectivity index (χ3v) is 8.51. The molecule has 2 aliphatic rings. The first-order valence-electron chi connectivity index (χ1n) is 13.3. The summed E-state index contributed by atoms with van der Waals surface area (Å²) in [5, 5.41) is 0.764. The van der Waals surface area contributed by atoms with Crippen LogP contribution in [-0.2, 0) is 16.0 Å². The molecule has 2 aromatic carbocycles. The van der Waals surface area contributed by atoms with E-state index >= 15 is 4.39 Å². The van der Waals surface area contributed by atoms with E-state index in [9.17, 15) is 14.0 Å². The Labute approximate surface area is 236 Å². The molecule has 2 atom stereocenters. The van der Waals surface area contributed by atoms with Crippen molar-refractivity contribution in [1.82, 2.24) is 14.5 Å². The number of carbonyl (C=O) groups is 1. The second-order valence-electron chi connectivity index (χ2n) is 11.4. The van der Waals surface area contributed by atoms with Crippen LogP contribution in [0, 0.1) is 18.6 Å². The van der Waals surface area contributed by atoms with E-state index in [2.05, 4.69) is 4.98 Å². The van der Waals surface area contributed by atoms with E-state index in [4.69, 9.17) is 9.47 Å². The summed E-state index contributed by atoms with van der Waals surface area (Å²) >= 11 is 1.50. The molecule has 214 valence electrons. The zero-order chi connectivity index (χ0) is 28.9. The van der Waals surface area contributed by atoms with Crippen molar-refractivity contribution in [2.45, 2.75) is 63.8 Å². The number of amides is 1. The van der Waals surface area contributed by atoms with Gasteiger partial charge in [-0.05, 0) is 58.4 Å². The number of piperazine rings is 1. The Kier molecular flexibility index (Phi) is 7.56. The van der Waals surface area contributed by atoms with Crippen molar-refractivity contribution >= 4 is 34.6 Å². The second-order valence-corrected chi connectivity index (χ2v) is 12.4. The normalized spacial score (nSPS) is 19.6. The zero-order valence-electron chi connectivity index (χ0n) is 23.6. The maximum Gasteiger partial charge on any atom is 0.410 e. The molecule has 1 amide bonds. The third-order valence-electron chi connectivity index (χ3n) is 7.28. The summed E-state index contributed by atoms with van der Waals surface area (Å²) in [4.78, 5) is 35.3.